The van der Waals surface area contributed by atoms with Crippen LogP contribution in [0.4, 0.5) is 0 Å². The molecule has 0 fully saturated rings. The summed E-state index contributed by atoms with van der Waals surface area (Å²) in [6, 6.07) is 0.109. The third-order valence-electron chi connectivity index (χ3n) is 1.78. The Hall–Kier alpha value is -0.570. The van der Waals surface area contributed by atoms with Gasteiger partial charge in [-0.05, 0) is 12.3 Å². The summed E-state index contributed by atoms with van der Waals surface area (Å²) in [7, 11) is 0. The molecule has 64 valence electrons. The summed E-state index contributed by atoms with van der Waals surface area (Å²) in [4.78, 5) is 4.87. The van der Waals surface area contributed by atoms with Crippen molar-refractivity contribution in [2.45, 2.75) is 32.7 Å². The number of nitrogens with two attached hydrogens (primary N) is 1. The molecule has 0 saturated heterocycles. The monoisotopic (exact) mass is 156 g/mol. The Morgan fingerprint density at radius 2 is 2.36 bits per heavy atom. The Labute approximate surface area is 67.6 Å². The van der Waals surface area contributed by atoms with Crippen LogP contribution in [0.5, 0.6) is 0 Å². The molecule has 0 aliphatic carbocycles. The molecule has 0 radical (unpaired) electrons. The van der Waals surface area contributed by atoms with Crippen LogP contribution in [0.15, 0.2) is 5.16 Å². The fraction of sp³-hybridized carbons (Fsp3) is 0.875. The van der Waals surface area contributed by atoms with E-state index in [0.29, 0.717) is 12.5 Å². The van der Waals surface area contributed by atoms with E-state index in [1.807, 2.05) is 0 Å². The van der Waals surface area contributed by atoms with Crippen LogP contribution < -0.4 is 5.73 Å². The Morgan fingerprint density at radius 1 is 1.64 bits per heavy atom. The van der Waals surface area contributed by atoms with Gasteiger partial charge >= 0.3 is 0 Å². The second-order valence-electron chi connectivity index (χ2n) is 3.40. The first-order valence-corrected chi connectivity index (χ1v) is 4.14. The van der Waals surface area contributed by atoms with Crippen molar-refractivity contribution in [3.63, 3.8) is 0 Å². The fourth-order valence-corrected chi connectivity index (χ4v) is 1.22. The van der Waals surface area contributed by atoms with Crippen LogP contribution in [0.25, 0.3) is 0 Å². The highest BCUT2D eigenvalue weighted by Gasteiger charge is 2.16. The van der Waals surface area contributed by atoms with E-state index in [1.165, 1.54) is 0 Å². The number of hydrogen-bond donors (Lipinski definition) is 1. The maximum Gasteiger partial charge on any atom is 0.122 e. The molecule has 2 N–H and O–H groups in total. The normalized spacial score (nSPS) is 19.8. The lowest BCUT2D eigenvalue weighted by atomic mass is 9.99. The topological polar surface area (TPSA) is 47.6 Å². The van der Waals surface area contributed by atoms with E-state index in [2.05, 4.69) is 19.0 Å². The quantitative estimate of drug-likeness (QED) is 0.666. The Balaban J connectivity index is 2.34. The molecule has 0 bridgehead atoms. The van der Waals surface area contributed by atoms with Crippen molar-refractivity contribution < 1.29 is 4.84 Å². The van der Waals surface area contributed by atoms with Gasteiger partial charge in [0, 0.05) is 12.5 Å². The molecule has 0 spiro atoms. The van der Waals surface area contributed by atoms with Crippen LogP contribution in [-0.4, -0.2) is 18.4 Å². The van der Waals surface area contributed by atoms with Crippen molar-refractivity contribution >= 4 is 5.71 Å². The molecule has 1 aliphatic heterocycles. The Morgan fingerprint density at radius 3 is 2.82 bits per heavy atom. The van der Waals surface area contributed by atoms with Gasteiger partial charge in [-0.3, -0.25) is 0 Å². The number of oxime groups is 1. The first-order valence-electron chi connectivity index (χ1n) is 4.14. The lowest BCUT2D eigenvalue weighted by Gasteiger charge is -2.11. The van der Waals surface area contributed by atoms with Crippen LogP contribution in [-0.2, 0) is 4.84 Å². The Bertz CT molecular complexity index is 154. The number of rotatable bonds is 3. The molecule has 3 nitrogen and oxygen atoms in total. The maximum atomic E-state index is 5.87. The lowest BCUT2D eigenvalue weighted by Crippen LogP contribution is -2.30. The van der Waals surface area contributed by atoms with Gasteiger partial charge in [0.1, 0.15) is 6.61 Å². The summed E-state index contributed by atoms with van der Waals surface area (Å²) >= 11 is 0. The molecular weight excluding hydrogens is 140 g/mol. The van der Waals surface area contributed by atoms with Gasteiger partial charge in [0.05, 0.1) is 5.71 Å². The van der Waals surface area contributed by atoms with Crippen molar-refractivity contribution in [1.82, 2.24) is 0 Å². The fourth-order valence-electron chi connectivity index (χ4n) is 1.22. The highest BCUT2D eigenvalue weighted by atomic mass is 16.6. The molecule has 0 aromatic carbocycles. The summed E-state index contributed by atoms with van der Waals surface area (Å²) < 4.78 is 0. The van der Waals surface area contributed by atoms with Crippen LogP contribution >= 0.6 is 0 Å². The first-order chi connectivity index (χ1) is 5.20. The van der Waals surface area contributed by atoms with E-state index in [-0.39, 0.29) is 6.04 Å². The van der Waals surface area contributed by atoms with Gasteiger partial charge in [-0.15, -0.1) is 0 Å². The predicted octanol–water partition coefficient (Wildman–Crippen LogP) is 1.14. The number of nitrogens with zero attached hydrogens (tertiary/aromatic N) is 1. The van der Waals surface area contributed by atoms with Gasteiger partial charge in [0.15, 0.2) is 0 Å². The molecule has 0 saturated carbocycles. The minimum atomic E-state index is 0.109. The average Bonchev–Trinajstić information content (AvgIpc) is 2.35. The van der Waals surface area contributed by atoms with E-state index in [9.17, 15) is 0 Å². The molecule has 1 aliphatic rings. The van der Waals surface area contributed by atoms with Crippen molar-refractivity contribution in [2.24, 2.45) is 16.8 Å². The van der Waals surface area contributed by atoms with E-state index in [4.69, 9.17) is 10.6 Å². The lowest BCUT2D eigenvalue weighted by molar-refractivity contribution is 0.173. The van der Waals surface area contributed by atoms with Crippen molar-refractivity contribution in [1.29, 1.82) is 0 Å². The highest BCUT2D eigenvalue weighted by Crippen LogP contribution is 2.09. The third kappa shape index (κ3) is 2.50. The van der Waals surface area contributed by atoms with Crippen LogP contribution in [0.2, 0.25) is 0 Å². The van der Waals surface area contributed by atoms with Gasteiger partial charge in [-0.2, -0.15) is 0 Å². The van der Waals surface area contributed by atoms with E-state index < -0.39 is 0 Å². The highest BCUT2D eigenvalue weighted by molar-refractivity contribution is 5.89. The summed E-state index contributed by atoms with van der Waals surface area (Å²) in [5.41, 5.74) is 6.90. The SMILES string of the molecule is CC(C)CC(N)C1=NOCC1. The van der Waals surface area contributed by atoms with Crippen molar-refractivity contribution in [3.8, 4) is 0 Å². The van der Waals surface area contributed by atoms with E-state index >= 15 is 0 Å². The van der Waals surface area contributed by atoms with Crippen LogP contribution in [0.1, 0.15) is 26.7 Å². The first kappa shape index (κ1) is 8.53. The number of hydrogen-bond acceptors (Lipinski definition) is 3. The van der Waals surface area contributed by atoms with Crippen LogP contribution in [0, 0.1) is 5.92 Å². The van der Waals surface area contributed by atoms with Gasteiger partial charge < -0.3 is 10.6 Å². The zero-order valence-corrected chi connectivity index (χ0v) is 7.21. The molecule has 0 amide bonds. The maximum absolute atomic E-state index is 5.87. The summed E-state index contributed by atoms with van der Waals surface area (Å²) in [6.07, 6.45) is 1.91. The average molecular weight is 156 g/mol. The molecule has 0 aromatic rings. The van der Waals surface area contributed by atoms with Gasteiger partial charge in [-0.1, -0.05) is 19.0 Å². The van der Waals surface area contributed by atoms with Gasteiger partial charge in [0.2, 0.25) is 0 Å². The molecule has 1 heterocycles. The largest absolute Gasteiger partial charge is 0.395 e. The zero-order chi connectivity index (χ0) is 8.27. The molecule has 1 unspecified atom stereocenters. The van der Waals surface area contributed by atoms with E-state index in [1.54, 1.807) is 0 Å². The standard InChI is InChI=1S/C8H16N2O/c1-6(2)5-7(9)8-3-4-11-10-8/h6-7H,3-5,9H2,1-2H3. The van der Waals surface area contributed by atoms with Crippen LogP contribution in [0.3, 0.4) is 0 Å². The summed E-state index contributed by atoms with van der Waals surface area (Å²) in [5, 5.41) is 3.88. The molecule has 1 rings (SSSR count). The van der Waals surface area contributed by atoms with Crippen molar-refractivity contribution in [2.75, 3.05) is 6.61 Å². The second kappa shape index (κ2) is 3.72. The van der Waals surface area contributed by atoms with Crippen molar-refractivity contribution in [3.05, 3.63) is 0 Å². The zero-order valence-electron chi connectivity index (χ0n) is 7.21. The Kier molecular flexibility index (Phi) is 2.88. The minimum absolute atomic E-state index is 0.109. The molecular formula is C8H16N2O. The third-order valence-corrected chi connectivity index (χ3v) is 1.78. The smallest absolute Gasteiger partial charge is 0.122 e. The predicted molar refractivity (Wildman–Crippen MR) is 45.4 cm³/mol. The summed E-state index contributed by atoms with van der Waals surface area (Å²) in [6.45, 7) is 5.04. The minimum Gasteiger partial charge on any atom is -0.395 e. The van der Waals surface area contributed by atoms with Gasteiger partial charge in [-0.25, -0.2) is 0 Å². The van der Waals surface area contributed by atoms with E-state index in [0.717, 1.165) is 18.6 Å². The second-order valence-corrected chi connectivity index (χ2v) is 3.40. The van der Waals surface area contributed by atoms with Gasteiger partial charge in [0.25, 0.3) is 0 Å². The molecule has 11 heavy (non-hydrogen) atoms. The molecule has 1 atom stereocenters. The molecule has 3 heteroatoms. The molecule has 0 aromatic heterocycles. The summed E-state index contributed by atoms with van der Waals surface area (Å²) in [5.74, 6) is 0.633.